The molecule has 1 aromatic heterocycles. The third-order valence-electron chi connectivity index (χ3n) is 4.33. The van der Waals surface area contributed by atoms with Crippen molar-refractivity contribution in [2.24, 2.45) is 0 Å². The van der Waals surface area contributed by atoms with Crippen molar-refractivity contribution in [1.82, 2.24) is 0 Å². The van der Waals surface area contributed by atoms with Gasteiger partial charge in [0.15, 0.2) is 5.76 Å². The topological polar surface area (TPSA) is 104 Å². The van der Waals surface area contributed by atoms with Gasteiger partial charge in [0.2, 0.25) is 11.8 Å². The SMILES string of the molecule is CC(=O)N(C)c1ccc(NC(=O)CNc2cccc(NC(=O)c3ccco3)c2)cc1. The summed E-state index contributed by atoms with van der Waals surface area (Å²) in [6.45, 7) is 1.53. The summed E-state index contributed by atoms with van der Waals surface area (Å²) < 4.78 is 5.07. The number of anilines is 4. The van der Waals surface area contributed by atoms with Gasteiger partial charge in [-0.05, 0) is 54.6 Å². The molecule has 0 saturated carbocycles. The van der Waals surface area contributed by atoms with Crippen LogP contribution < -0.4 is 20.9 Å². The van der Waals surface area contributed by atoms with E-state index in [0.717, 1.165) is 5.69 Å². The lowest BCUT2D eigenvalue weighted by Gasteiger charge is -2.15. The summed E-state index contributed by atoms with van der Waals surface area (Å²) in [5.41, 5.74) is 2.63. The molecule has 0 aliphatic heterocycles. The van der Waals surface area contributed by atoms with Crippen LogP contribution in [0.2, 0.25) is 0 Å². The third-order valence-corrected chi connectivity index (χ3v) is 4.33. The minimum absolute atomic E-state index is 0.0463. The first-order chi connectivity index (χ1) is 14.4. The van der Waals surface area contributed by atoms with Gasteiger partial charge >= 0.3 is 0 Å². The van der Waals surface area contributed by atoms with Crippen molar-refractivity contribution in [1.29, 1.82) is 0 Å². The van der Waals surface area contributed by atoms with E-state index in [1.165, 1.54) is 18.1 Å². The van der Waals surface area contributed by atoms with Crippen molar-refractivity contribution < 1.29 is 18.8 Å². The Morgan fingerprint density at radius 3 is 2.30 bits per heavy atom. The molecule has 3 amide bonds. The Morgan fingerprint density at radius 2 is 1.63 bits per heavy atom. The lowest BCUT2D eigenvalue weighted by Crippen LogP contribution is -2.23. The molecular weight excluding hydrogens is 384 g/mol. The first-order valence-electron chi connectivity index (χ1n) is 9.25. The number of nitrogens with zero attached hydrogens (tertiary/aromatic N) is 1. The molecule has 0 fully saturated rings. The molecule has 3 rings (SSSR count). The van der Waals surface area contributed by atoms with Gasteiger partial charge in [0.25, 0.3) is 5.91 Å². The van der Waals surface area contributed by atoms with Crippen molar-refractivity contribution in [2.45, 2.75) is 6.92 Å². The fraction of sp³-hybridized carbons (Fsp3) is 0.136. The average Bonchev–Trinajstić information content (AvgIpc) is 3.28. The number of benzene rings is 2. The van der Waals surface area contributed by atoms with Gasteiger partial charge in [-0.25, -0.2) is 0 Å². The predicted molar refractivity (Wildman–Crippen MR) is 116 cm³/mol. The van der Waals surface area contributed by atoms with Crippen LogP contribution in [0.25, 0.3) is 0 Å². The summed E-state index contributed by atoms with van der Waals surface area (Å²) in [5.74, 6) is -0.437. The van der Waals surface area contributed by atoms with Gasteiger partial charge < -0.3 is 25.3 Å². The monoisotopic (exact) mass is 406 g/mol. The molecule has 154 valence electrons. The van der Waals surface area contributed by atoms with Crippen molar-refractivity contribution in [3.63, 3.8) is 0 Å². The Kier molecular flexibility index (Phi) is 6.49. The zero-order chi connectivity index (χ0) is 21.5. The van der Waals surface area contributed by atoms with Gasteiger partial charge in [-0.3, -0.25) is 14.4 Å². The van der Waals surface area contributed by atoms with Crippen molar-refractivity contribution in [3.8, 4) is 0 Å². The van der Waals surface area contributed by atoms with Crippen LogP contribution >= 0.6 is 0 Å². The van der Waals surface area contributed by atoms with Crippen LogP contribution in [0.5, 0.6) is 0 Å². The van der Waals surface area contributed by atoms with E-state index in [2.05, 4.69) is 16.0 Å². The van der Waals surface area contributed by atoms with Crippen LogP contribution in [-0.4, -0.2) is 31.3 Å². The van der Waals surface area contributed by atoms with Crippen LogP contribution in [-0.2, 0) is 9.59 Å². The van der Waals surface area contributed by atoms with E-state index in [1.54, 1.807) is 67.7 Å². The molecule has 0 unspecified atom stereocenters. The van der Waals surface area contributed by atoms with E-state index in [4.69, 9.17) is 4.42 Å². The van der Waals surface area contributed by atoms with Crippen LogP contribution in [0.4, 0.5) is 22.7 Å². The summed E-state index contributed by atoms with van der Waals surface area (Å²) in [5, 5.41) is 8.54. The lowest BCUT2D eigenvalue weighted by atomic mass is 10.2. The molecule has 3 aromatic rings. The van der Waals surface area contributed by atoms with E-state index in [1.807, 2.05) is 0 Å². The van der Waals surface area contributed by atoms with Crippen molar-refractivity contribution in [3.05, 3.63) is 72.7 Å². The zero-order valence-corrected chi connectivity index (χ0v) is 16.6. The highest BCUT2D eigenvalue weighted by molar-refractivity contribution is 6.02. The minimum atomic E-state index is -0.353. The van der Waals surface area contributed by atoms with Gasteiger partial charge in [-0.1, -0.05) is 6.07 Å². The summed E-state index contributed by atoms with van der Waals surface area (Å²) >= 11 is 0. The molecule has 0 spiro atoms. The number of carbonyl (C=O) groups excluding carboxylic acids is 3. The molecule has 0 saturated heterocycles. The Bertz CT molecular complexity index is 1030. The maximum atomic E-state index is 12.2. The molecule has 8 heteroatoms. The first kappa shape index (κ1) is 20.7. The quantitative estimate of drug-likeness (QED) is 0.557. The van der Waals surface area contributed by atoms with Crippen LogP contribution in [0.15, 0.2) is 71.3 Å². The second-order valence-corrected chi connectivity index (χ2v) is 6.54. The Labute approximate surface area is 173 Å². The minimum Gasteiger partial charge on any atom is -0.459 e. The van der Waals surface area contributed by atoms with Crippen LogP contribution in [0.1, 0.15) is 17.5 Å². The second-order valence-electron chi connectivity index (χ2n) is 6.54. The normalized spacial score (nSPS) is 10.2. The predicted octanol–water partition coefficient (Wildman–Crippen LogP) is 3.57. The van der Waals surface area contributed by atoms with Crippen LogP contribution in [0.3, 0.4) is 0 Å². The molecule has 8 nitrogen and oxygen atoms in total. The summed E-state index contributed by atoms with van der Waals surface area (Å²) in [6, 6.07) is 17.2. The lowest BCUT2D eigenvalue weighted by molar-refractivity contribution is -0.116. The molecule has 2 aromatic carbocycles. The zero-order valence-electron chi connectivity index (χ0n) is 16.6. The van der Waals surface area contributed by atoms with Crippen LogP contribution in [0, 0.1) is 0 Å². The Hall–Kier alpha value is -4.07. The number of hydrogen-bond donors (Lipinski definition) is 3. The van der Waals surface area contributed by atoms with Gasteiger partial charge in [0, 0.05) is 36.7 Å². The molecule has 30 heavy (non-hydrogen) atoms. The highest BCUT2D eigenvalue weighted by Gasteiger charge is 2.10. The molecule has 0 atom stereocenters. The van der Waals surface area contributed by atoms with E-state index >= 15 is 0 Å². The Morgan fingerprint density at radius 1 is 0.900 bits per heavy atom. The second kappa shape index (κ2) is 9.42. The van der Waals surface area contributed by atoms with Gasteiger partial charge in [-0.2, -0.15) is 0 Å². The maximum Gasteiger partial charge on any atom is 0.291 e. The number of furan rings is 1. The molecule has 0 aliphatic rings. The van der Waals surface area contributed by atoms with Gasteiger partial charge in [0.05, 0.1) is 12.8 Å². The molecule has 1 heterocycles. The molecule has 0 aliphatic carbocycles. The largest absolute Gasteiger partial charge is 0.459 e. The molecule has 0 radical (unpaired) electrons. The maximum absolute atomic E-state index is 12.2. The average molecular weight is 406 g/mol. The van der Waals surface area contributed by atoms with E-state index in [9.17, 15) is 14.4 Å². The van der Waals surface area contributed by atoms with Gasteiger partial charge in [-0.15, -0.1) is 0 Å². The fourth-order valence-electron chi connectivity index (χ4n) is 2.65. The number of hydrogen-bond acceptors (Lipinski definition) is 5. The Balaban J connectivity index is 1.52. The summed E-state index contributed by atoms with van der Waals surface area (Å²) in [7, 11) is 1.69. The fourth-order valence-corrected chi connectivity index (χ4v) is 2.65. The summed E-state index contributed by atoms with van der Waals surface area (Å²) in [6.07, 6.45) is 1.43. The number of amides is 3. The van der Waals surface area contributed by atoms with Crippen molar-refractivity contribution >= 4 is 40.5 Å². The number of rotatable bonds is 7. The van der Waals surface area contributed by atoms with E-state index < -0.39 is 0 Å². The molecular formula is C22H22N4O4. The molecule has 0 bridgehead atoms. The third kappa shape index (κ3) is 5.48. The van der Waals surface area contributed by atoms with E-state index in [-0.39, 0.29) is 30.0 Å². The van der Waals surface area contributed by atoms with Crippen molar-refractivity contribution in [2.75, 3.05) is 34.4 Å². The highest BCUT2D eigenvalue weighted by atomic mass is 16.3. The smallest absolute Gasteiger partial charge is 0.291 e. The van der Waals surface area contributed by atoms with Gasteiger partial charge in [0.1, 0.15) is 0 Å². The van der Waals surface area contributed by atoms with E-state index in [0.29, 0.717) is 17.1 Å². The standard InChI is InChI=1S/C22H22N4O4/c1-15(27)26(2)19-10-8-16(9-11-19)24-21(28)14-23-17-5-3-6-18(13-17)25-22(29)20-7-4-12-30-20/h3-13,23H,14H2,1-2H3,(H,24,28)(H,25,29). The highest BCUT2D eigenvalue weighted by Crippen LogP contribution is 2.18. The summed E-state index contributed by atoms with van der Waals surface area (Å²) in [4.78, 5) is 37.2. The molecule has 3 N–H and O–H groups in total. The number of carbonyl (C=O) groups is 3. The number of nitrogens with one attached hydrogen (secondary N) is 3. The first-order valence-corrected chi connectivity index (χ1v) is 9.25.